The van der Waals surface area contributed by atoms with Crippen LogP contribution in [0.1, 0.15) is 43.1 Å². The van der Waals surface area contributed by atoms with E-state index < -0.39 is 24.0 Å². The summed E-state index contributed by atoms with van der Waals surface area (Å²) >= 11 is 0. The molecule has 0 radical (unpaired) electrons. The quantitative estimate of drug-likeness (QED) is 0.719. The maximum atomic E-state index is 12.5. The van der Waals surface area contributed by atoms with Gasteiger partial charge in [0.25, 0.3) is 5.91 Å². The van der Waals surface area contributed by atoms with Crippen LogP contribution in [0, 0.1) is 0 Å². The van der Waals surface area contributed by atoms with Gasteiger partial charge in [0, 0.05) is 6.04 Å². The lowest BCUT2D eigenvalue weighted by Gasteiger charge is -2.15. The minimum atomic E-state index is -1.18. The summed E-state index contributed by atoms with van der Waals surface area (Å²) in [6.45, 7) is 1.39. The molecular weight excluding hydrogens is 376 g/mol. The number of carbonyl (C=O) groups is 3. The fourth-order valence-electron chi connectivity index (χ4n) is 3.14. The molecule has 1 aliphatic carbocycles. The Morgan fingerprint density at radius 1 is 1.17 bits per heavy atom. The van der Waals surface area contributed by atoms with Crippen LogP contribution in [0.2, 0.25) is 0 Å². The fourth-order valence-corrected chi connectivity index (χ4v) is 3.14. The van der Waals surface area contributed by atoms with Gasteiger partial charge in [-0.1, -0.05) is 31.0 Å². The molecule has 0 aliphatic heterocycles. The number of para-hydroxylation sites is 1. The van der Waals surface area contributed by atoms with Crippen molar-refractivity contribution in [3.05, 3.63) is 42.2 Å². The van der Waals surface area contributed by atoms with Gasteiger partial charge in [-0.3, -0.25) is 10.1 Å². The van der Waals surface area contributed by atoms with Gasteiger partial charge >= 0.3 is 12.0 Å². The van der Waals surface area contributed by atoms with E-state index in [4.69, 9.17) is 9.47 Å². The van der Waals surface area contributed by atoms with Crippen LogP contribution >= 0.6 is 0 Å². The van der Waals surface area contributed by atoms with Crippen LogP contribution in [0.3, 0.4) is 0 Å². The number of carbonyl (C=O) groups excluding carboxylic acids is 3. The molecule has 9 nitrogen and oxygen atoms in total. The fraction of sp³-hybridized carbons (Fsp3) is 0.400. The first kappa shape index (κ1) is 20.4. The van der Waals surface area contributed by atoms with Crippen molar-refractivity contribution in [2.45, 2.75) is 44.8 Å². The number of hydrogen-bond acceptors (Lipinski definition) is 6. The van der Waals surface area contributed by atoms with E-state index in [0.717, 1.165) is 31.4 Å². The Morgan fingerprint density at radius 2 is 1.86 bits per heavy atom. The number of nitrogens with one attached hydrogen (secondary N) is 2. The summed E-state index contributed by atoms with van der Waals surface area (Å²) in [7, 11) is 1.41. The number of benzene rings is 1. The summed E-state index contributed by atoms with van der Waals surface area (Å²) < 4.78 is 11.9. The zero-order chi connectivity index (χ0) is 20.8. The standard InChI is InChI=1S/C20H24N4O5/c1-13(18(25)22-20(27)21-14-8-6-7-9-14)29-19(26)17-16(28-2)12-24(23-17)15-10-4-3-5-11-15/h3-5,10-14H,6-9H2,1-2H3,(H2,21,22,25,27)/t13-/m0/s1. The summed E-state index contributed by atoms with van der Waals surface area (Å²) in [5.74, 6) is -1.32. The molecule has 1 aromatic heterocycles. The van der Waals surface area contributed by atoms with E-state index in [-0.39, 0.29) is 17.5 Å². The van der Waals surface area contributed by atoms with Crippen molar-refractivity contribution in [1.29, 1.82) is 0 Å². The number of ether oxygens (including phenoxy) is 2. The van der Waals surface area contributed by atoms with Crippen molar-refractivity contribution < 1.29 is 23.9 Å². The highest BCUT2D eigenvalue weighted by atomic mass is 16.6. The largest absolute Gasteiger partial charge is 0.493 e. The lowest BCUT2D eigenvalue weighted by molar-refractivity contribution is -0.127. The van der Waals surface area contributed by atoms with Gasteiger partial charge in [0.05, 0.1) is 19.0 Å². The molecule has 0 saturated heterocycles. The normalized spacial score (nSPS) is 14.8. The molecule has 29 heavy (non-hydrogen) atoms. The van der Waals surface area contributed by atoms with Gasteiger partial charge in [0.2, 0.25) is 5.69 Å². The lowest BCUT2D eigenvalue weighted by Crippen LogP contribution is -2.47. The molecule has 0 unspecified atom stereocenters. The van der Waals surface area contributed by atoms with E-state index in [2.05, 4.69) is 15.7 Å². The van der Waals surface area contributed by atoms with Crippen LogP contribution in [0.4, 0.5) is 4.79 Å². The topological polar surface area (TPSA) is 112 Å². The third-order valence-corrected chi connectivity index (χ3v) is 4.69. The van der Waals surface area contributed by atoms with E-state index in [0.29, 0.717) is 0 Å². The number of nitrogens with zero attached hydrogens (tertiary/aromatic N) is 2. The third kappa shape index (κ3) is 5.13. The van der Waals surface area contributed by atoms with Crippen molar-refractivity contribution in [3.8, 4) is 11.4 Å². The van der Waals surface area contributed by atoms with Gasteiger partial charge in [-0.25, -0.2) is 14.3 Å². The zero-order valence-electron chi connectivity index (χ0n) is 16.4. The molecule has 2 N–H and O–H groups in total. The minimum absolute atomic E-state index is 0.0635. The van der Waals surface area contributed by atoms with E-state index >= 15 is 0 Å². The van der Waals surface area contributed by atoms with Crippen LogP contribution in [-0.4, -0.2) is 46.9 Å². The highest BCUT2D eigenvalue weighted by Gasteiger charge is 2.26. The number of imide groups is 1. The Balaban J connectivity index is 1.60. The second kappa shape index (κ2) is 9.22. The van der Waals surface area contributed by atoms with Crippen molar-refractivity contribution >= 4 is 17.9 Å². The molecule has 3 amide bonds. The molecule has 1 saturated carbocycles. The summed E-state index contributed by atoms with van der Waals surface area (Å²) in [6, 6.07) is 8.67. The Kier molecular flexibility index (Phi) is 6.48. The number of methoxy groups -OCH3 is 1. The molecule has 3 rings (SSSR count). The molecule has 1 heterocycles. The van der Waals surface area contributed by atoms with Crippen LogP contribution in [0.25, 0.3) is 5.69 Å². The Hall–Kier alpha value is -3.36. The lowest BCUT2D eigenvalue weighted by atomic mass is 10.2. The number of aromatic nitrogens is 2. The van der Waals surface area contributed by atoms with E-state index in [1.54, 1.807) is 6.20 Å². The van der Waals surface area contributed by atoms with E-state index in [1.807, 2.05) is 30.3 Å². The maximum Gasteiger partial charge on any atom is 0.363 e. The number of rotatable bonds is 6. The number of urea groups is 1. The van der Waals surface area contributed by atoms with Crippen LogP contribution in [0.5, 0.6) is 5.75 Å². The molecule has 1 aromatic carbocycles. The summed E-state index contributed by atoms with van der Waals surface area (Å²) in [5, 5.41) is 9.14. The van der Waals surface area contributed by atoms with Gasteiger partial charge in [-0.15, -0.1) is 0 Å². The highest BCUT2D eigenvalue weighted by molar-refractivity contribution is 5.98. The molecule has 1 aliphatic rings. The third-order valence-electron chi connectivity index (χ3n) is 4.69. The molecular formula is C20H24N4O5. The first-order valence-electron chi connectivity index (χ1n) is 9.49. The zero-order valence-corrected chi connectivity index (χ0v) is 16.4. The summed E-state index contributed by atoms with van der Waals surface area (Å²) in [5.41, 5.74) is 0.672. The van der Waals surface area contributed by atoms with Crippen molar-refractivity contribution in [2.24, 2.45) is 0 Å². The van der Waals surface area contributed by atoms with Crippen LogP contribution in [-0.2, 0) is 9.53 Å². The molecule has 9 heteroatoms. The van der Waals surface area contributed by atoms with Crippen molar-refractivity contribution in [3.63, 3.8) is 0 Å². The number of esters is 1. The number of amides is 3. The average Bonchev–Trinajstić information content (AvgIpc) is 3.38. The maximum absolute atomic E-state index is 12.5. The molecule has 1 atom stereocenters. The molecule has 154 valence electrons. The molecule has 0 bridgehead atoms. The highest BCUT2D eigenvalue weighted by Crippen LogP contribution is 2.21. The van der Waals surface area contributed by atoms with E-state index in [1.165, 1.54) is 18.7 Å². The first-order chi connectivity index (χ1) is 14.0. The Labute approximate surface area is 168 Å². The Morgan fingerprint density at radius 3 is 2.52 bits per heavy atom. The first-order valence-corrected chi connectivity index (χ1v) is 9.49. The molecule has 1 fully saturated rings. The second-order valence-corrected chi connectivity index (χ2v) is 6.82. The van der Waals surface area contributed by atoms with Gasteiger partial charge in [-0.2, -0.15) is 5.10 Å². The van der Waals surface area contributed by atoms with Gasteiger partial charge in [0.15, 0.2) is 11.9 Å². The predicted octanol–water partition coefficient (Wildman–Crippen LogP) is 2.19. The summed E-state index contributed by atoms with van der Waals surface area (Å²) in [4.78, 5) is 36.6. The molecule has 2 aromatic rings. The minimum Gasteiger partial charge on any atom is -0.493 e. The predicted molar refractivity (Wildman–Crippen MR) is 104 cm³/mol. The van der Waals surface area contributed by atoms with Crippen LogP contribution in [0.15, 0.2) is 36.5 Å². The van der Waals surface area contributed by atoms with Gasteiger partial charge < -0.3 is 14.8 Å². The molecule has 0 spiro atoms. The monoisotopic (exact) mass is 400 g/mol. The second-order valence-electron chi connectivity index (χ2n) is 6.82. The number of hydrogen-bond donors (Lipinski definition) is 2. The summed E-state index contributed by atoms with van der Waals surface area (Å²) in [6.07, 6.45) is 4.29. The van der Waals surface area contributed by atoms with Gasteiger partial charge in [0.1, 0.15) is 0 Å². The smallest absolute Gasteiger partial charge is 0.363 e. The van der Waals surface area contributed by atoms with Crippen molar-refractivity contribution in [1.82, 2.24) is 20.4 Å². The SMILES string of the molecule is COc1cn(-c2ccccc2)nc1C(=O)O[C@@H](C)C(=O)NC(=O)NC1CCCC1. The van der Waals surface area contributed by atoms with Crippen molar-refractivity contribution in [2.75, 3.05) is 7.11 Å². The van der Waals surface area contributed by atoms with Crippen LogP contribution < -0.4 is 15.4 Å². The Bertz CT molecular complexity index is 874. The van der Waals surface area contributed by atoms with E-state index in [9.17, 15) is 14.4 Å². The van der Waals surface area contributed by atoms with Gasteiger partial charge in [-0.05, 0) is 31.9 Å². The average molecular weight is 400 g/mol.